The lowest BCUT2D eigenvalue weighted by Gasteiger charge is -2.17. The van der Waals surface area contributed by atoms with E-state index in [4.69, 9.17) is 0 Å². The Morgan fingerprint density at radius 2 is 2.31 bits per heavy atom. The van der Waals surface area contributed by atoms with Crippen molar-refractivity contribution in [1.82, 2.24) is 20.4 Å². The molecule has 16 heavy (non-hydrogen) atoms. The predicted molar refractivity (Wildman–Crippen MR) is 55.7 cm³/mol. The van der Waals surface area contributed by atoms with Crippen molar-refractivity contribution in [3.63, 3.8) is 0 Å². The third-order valence-corrected chi connectivity index (χ3v) is 2.23. The van der Waals surface area contributed by atoms with Gasteiger partial charge in [0.1, 0.15) is 17.8 Å². The molecule has 0 aliphatic carbocycles. The lowest BCUT2D eigenvalue weighted by molar-refractivity contribution is -0.118. The second-order valence-corrected chi connectivity index (χ2v) is 3.22. The molecule has 0 saturated carbocycles. The number of nitrogens with zero attached hydrogens (tertiary/aromatic N) is 2. The van der Waals surface area contributed by atoms with Crippen LogP contribution in [-0.4, -0.2) is 55.7 Å². The maximum absolute atomic E-state index is 11.6. The van der Waals surface area contributed by atoms with Crippen LogP contribution in [0.1, 0.15) is 0 Å². The van der Waals surface area contributed by atoms with Crippen LogP contribution in [0.5, 0.6) is 0 Å². The quantitative estimate of drug-likeness (QED) is 0.533. The van der Waals surface area contributed by atoms with Crippen LogP contribution in [0.3, 0.4) is 0 Å². The van der Waals surface area contributed by atoms with Crippen LogP contribution in [0, 0.1) is 0 Å². The zero-order valence-corrected chi connectivity index (χ0v) is 9.19. The molecule has 7 nitrogen and oxygen atoms in total. The molecule has 0 aromatic heterocycles. The van der Waals surface area contributed by atoms with Crippen molar-refractivity contribution in [3.05, 3.63) is 11.5 Å². The highest BCUT2D eigenvalue weighted by atomic mass is 16.2. The molecule has 88 valence electrons. The summed E-state index contributed by atoms with van der Waals surface area (Å²) in [4.78, 5) is 35.5. The summed E-state index contributed by atoms with van der Waals surface area (Å²) in [6.45, 7) is 0.432. The fourth-order valence-corrected chi connectivity index (χ4v) is 1.44. The fraction of sp³-hybridized carbons (Fsp3) is 0.444. The molecular formula is C9H14N4O3. The van der Waals surface area contributed by atoms with Gasteiger partial charge in [-0.15, -0.1) is 0 Å². The van der Waals surface area contributed by atoms with E-state index in [0.29, 0.717) is 30.9 Å². The van der Waals surface area contributed by atoms with Gasteiger partial charge in [0.05, 0.1) is 13.2 Å². The Morgan fingerprint density at radius 1 is 1.62 bits per heavy atom. The molecule has 1 aliphatic rings. The Hall–Kier alpha value is -2.05. The van der Waals surface area contributed by atoms with Gasteiger partial charge in [-0.25, -0.2) is 0 Å². The van der Waals surface area contributed by atoms with E-state index in [-0.39, 0.29) is 12.5 Å². The van der Waals surface area contributed by atoms with Crippen LogP contribution >= 0.6 is 0 Å². The van der Waals surface area contributed by atoms with E-state index in [1.165, 1.54) is 19.0 Å². The summed E-state index contributed by atoms with van der Waals surface area (Å²) in [5, 5.41) is 5.36. The Morgan fingerprint density at radius 3 is 2.81 bits per heavy atom. The van der Waals surface area contributed by atoms with E-state index in [1.54, 1.807) is 4.90 Å². The second-order valence-electron chi connectivity index (χ2n) is 3.22. The summed E-state index contributed by atoms with van der Waals surface area (Å²) in [5.74, 6) is 0.0618. The number of hydrogen-bond donors (Lipinski definition) is 2. The minimum Gasteiger partial charge on any atom is -0.354 e. The van der Waals surface area contributed by atoms with Gasteiger partial charge < -0.3 is 25.2 Å². The third kappa shape index (κ3) is 2.13. The van der Waals surface area contributed by atoms with E-state index in [9.17, 15) is 14.4 Å². The zero-order valence-electron chi connectivity index (χ0n) is 9.19. The van der Waals surface area contributed by atoms with Crippen LogP contribution in [-0.2, 0) is 14.4 Å². The van der Waals surface area contributed by atoms with Crippen molar-refractivity contribution < 1.29 is 14.4 Å². The van der Waals surface area contributed by atoms with Gasteiger partial charge in [0.15, 0.2) is 0 Å². The number of hydrogen-bond acceptors (Lipinski definition) is 5. The summed E-state index contributed by atoms with van der Waals surface area (Å²) < 4.78 is 0. The highest BCUT2D eigenvalue weighted by Crippen LogP contribution is 2.15. The summed E-state index contributed by atoms with van der Waals surface area (Å²) in [6, 6.07) is 0. The lowest BCUT2D eigenvalue weighted by Crippen LogP contribution is -2.33. The second kappa shape index (κ2) is 5.15. The van der Waals surface area contributed by atoms with Gasteiger partial charge in [-0.2, -0.15) is 0 Å². The molecule has 1 heterocycles. The number of rotatable bonds is 5. The Balaban J connectivity index is 3.04. The number of likely N-dealkylation sites (N-methyl/N-ethyl adjacent to an activating group) is 1. The molecular weight excluding hydrogens is 212 g/mol. The number of carbonyl (C=O) groups excluding carboxylic acids is 3. The smallest absolute Gasteiger partial charge is 0.271 e. The fourth-order valence-electron chi connectivity index (χ4n) is 1.44. The van der Waals surface area contributed by atoms with Crippen LogP contribution in [0.2, 0.25) is 0 Å². The van der Waals surface area contributed by atoms with Gasteiger partial charge in [-0.3, -0.25) is 9.59 Å². The molecule has 0 radical (unpaired) electrons. The van der Waals surface area contributed by atoms with Gasteiger partial charge in [0.2, 0.25) is 6.41 Å². The summed E-state index contributed by atoms with van der Waals surface area (Å²) in [6.07, 6.45) is 1.30. The lowest BCUT2D eigenvalue weighted by atomic mass is 10.3. The molecule has 0 saturated heterocycles. The Bertz CT molecular complexity index is 340. The first-order valence-electron chi connectivity index (χ1n) is 4.72. The van der Waals surface area contributed by atoms with Gasteiger partial charge in [-0.05, 0) is 0 Å². The van der Waals surface area contributed by atoms with Crippen molar-refractivity contribution in [3.8, 4) is 0 Å². The molecule has 0 atom stereocenters. The summed E-state index contributed by atoms with van der Waals surface area (Å²) in [7, 11) is 3.02. The van der Waals surface area contributed by atoms with Crippen molar-refractivity contribution >= 4 is 18.6 Å². The van der Waals surface area contributed by atoms with Crippen LogP contribution in [0.4, 0.5) is 0 Å². The van der Waals surface area contributed by atoms with E-state index in [0.717, 1.165) is 0 Å². The minimum atomic E-state index is -0.337. The van der Waals surface area contributed by atoms with E-state index in [1.807, 2.05) is 0 Å². The molecule has 0 spiro atoms. The molecule has 0 fully saturated rings. The number of amides is 2. The first-order chi connectivity index (χ1) is 7.65. The normalized spacial score (nSPS) is 14.5. The molecule has 2 N–H and O–H groups in total. The van der Waals surface area contributed by atoms with E-state index >= 15 is 0 Å². The van der Waals surface area contributed by atoms with Gasteiger partial charge >= 0.3 is 0 Å². The third-order valence-electron chi connectivity index (χ3n) is 2.23. The molecule has 1 rings (SSSR count). The summed E-state index contributed by atoms with van der Waals surface area (Å²) >= 11 is 0. The molecule has 0 bridgehead atoms. The van der Waals surface area contributed by atoms with Crippen molar-refractivity contribution in [2.75, 3.05) is 27.3 Å². The first-order valence-corrected chi connectivity index (χ1v) is 4.72. The van der Waals surface area contributed by atoms with Crippen molar-refractivity contribution in [1.29, 1.82) is 0 Å². The molecule has 2 amide bonds. The van der Waals surface area contributed by atoms with Crippen molar-refractivity contribution in [2.45, 2.75) is 0 Å². The highest BCUT2D eigenvalue weighted by Gasteiger charge is 2.28. The van der Waals surface area contributed by atoms with Crippen LogP contribution < -0.4 is 10.6 Å². The molecule has 7 heteroatoms. The molecule has 0 unspecified atom stereocenters. The Labute approximate surface area is 93.1 Å². The van der Waals surface area contributed by atoms with Gasteiger partial charge in [0.25, 0.3) is 5.91 Å². The number of aldehydes is 1. The standard InChI is InChI=1S/C9H14N4O3/c1-10-9(16)7-8(12(2)6-15)11-5-13(7)3-4-14/h4,6,11H,3,5H2,1-2H3,(H,10,16). The van der Waals surface area contributed by atoms with Gasteiger partial charge in [0, 0.05) is 14.1 Å². The molecule has 0 aromatic carbocycles. The average molecular weight is 226 g/mol. The highest BCUT2D eigenvalue weighted by molar-refractivity contribution is 5.94. The SMILES string of the molecule is CNC(=O)C1=C(N(C)C=O)NCN1CC=O. The van der Waals surface area contributed by atoms with Crippen molar-refractivity contribution in [2.24, 2.45) is 0 Å². The van der Waals surface area contributed by atoms with E-state index < -0.39 is 0 Å². The minimum absolute atomic E-state index is 0.103. The van der Waals surface area contributed by atoms with Crippen LogP contribution in [0.15, 0.2) is 11.5 Å². The van der Waals surface area contributed by atoms with Crippen LogP contribution in [0.25, 0.3) is 0 Å². The average Bonchev–Trinajstić information content (AvgIpc) is 2.71. The zero-order chi connectivity index (χ0) is 12.1. The van der Waals surface area contributed by atoms with E-state index in [2.05, 4.69) is 10.6 Å². The van der Waals surface area contributed by atoms with Gasteiger partial charge in [-0.1, -0.05) is 0 Å². The number of nitrogens with one attached hydrogen (secondary N) is 2. The monoisotopic (exact) mass is 226 g/mol. The largest absolute Gasteiger partial charge is 0.354 e. The molecule has 0 aromatic rings. The maximum atomic E-state index is 11.6. The topological polar surface area (TPSA) is 81.8 Å². The maximum Gasteiger partial charge on any atom is 0.271 e. The Kier molecular flexibility index (Phi) is 3.87. The number of carbonyl (C=O) groups is 3. The summed E-state index contributed by atoms with van der Waals surface area (Å²) in [5.41, 5.74) is 0.296. The molecule has 1 aliphatic heterocycles. The first kappa shape index (κ1) is 12.0. The predicted octanol–water partition coefficient (Wildman–Crippen LogP) is -1.95.